The molecular weight excluding hydrogens is 404 g/mol. The molecule has 0 aromatic heterocycles. The second-order valence-corrected chi connectivity index (χ2v) is 7.45. The highest BCUT2D eigenvalue weighted by molar-refractivity contribution is 8.19. The molecule has 1 fully saturated rings. The number of benzene rings is 2. The quantitative estimate of drug-likeness (QED) is 0.632. The molecular formula is C22H22N2O5S. The normalized spacial score (nSPS) is 15.0. The average Bonchev–Trinajstić information content (AvgIpc) is 3.01. The number of imide groups is 1. The minimum absolute atomic E-state index is 0.295. The Balaban J connectivity index is 1.79. The van der Waals surface area contributed by atoms with E-state index in [1.165, 1.54) is 0 Å². The third-order valence-corrected chi connectivity index (χ3v) is 5.42. The Morgan fingerprint density at radius 3 is 2.47 bits per heavy atom. The zero-order valence-electron chi connectivity index (χ0n) is 16.7. The number of nitrogens with zero attached hydrogens (tertiary/aromatic N) is 2. The fourth-order valence-corrected chi connectivity index (χ4v) is 3.92. The summed E-state index contributed by atoms with van der Waals surface area (Å²) in [6, 6.07) is 14.0. The van der Waals surface area contributed by atoms with Gasteiger partial charge < -0.3 is 14.7 Å². The van der Waals surface area contributed by atoms with Gasteiger partial charge >= 0.3 is 5.97 Å². The van der Waals surface area contributed by atoms with Crippen molar-refractivity contribution in [3.05, 3.63) is 59.0 Å². The van der Waals surface area contributed by atoms with Crippen LogP contribution in [0.5, 0.6) is 5.75 Å². The number of hydrogen-bond donors (Lipinski definition) is 1. The molecule has 0 saturated carbocycles. The van der Waals surface area contributed by atoms with E-state index in [0.29, 0.717) is 21.9 Å². The Kier molecular flexibility index (Phi) is 6.79. The van der Waals surface area contributed by atoms with E-state index < -0.39 is 18.5 Å². The second kappa shape index (κ2) is 9.49. The summed E-state index contributed by atoms with van der Waals surface area (Å²) < 4.78 is 5.16. The molecule has 0 aliphatic carbocycles. The Morgan fingerprint density at radius 1 is 1.13 bits per heavy atom. The van der Waals surface area contributed by atoms with Crippen molar-refractivity contribution in [2.75, 3.05) is 29.5 Å². The largest absolute Gasteiger partial charge is 0.482 e. The molecule has 0 bridgehead atoms. The van der Waals surface area contributed by atoms with E-state index in [0.717, 1.165) is 35.4 Å². The number of carbonyl (C=O) groups excluding carboxylic acids is 2. The van der Waals surface area contributed by atoms with Gasteiger partial charge in [0.15, 0.2) is 6.61 Å². The van der Waals surface area contributed by atoms with Gasteiger partial charge in [0.25, 0.3) is 11.1 Å². The fourth-order valence-electron chi connectivity index (χ4n) is 3.08. The predicted octanol–water partition coefficient (Wildman–Crippen LogP) is 4.24. The van der Waals surface area contributed by atoms with Crippen LogP contribution in [0.25, 0.3) is 6.08 Å². The molecule has 2 amide bonds. The topological polar surface area (TPSA) is 87.2 Å². The zero-order chi connectivity index (χ0) is 21.7. The maximum Gasteiger partial charge on any atom is 0.341 e. The van der Waals surface area contributed by atoms with E-state index in [4.69, 9.17) is 9.84 Å². The van der Waals surface area contributed by atoms with Crippen LogP contribution in [0.15, 0.2) is 53.4 Å². The van der Waals surface area contributed by atoms with Crippen molar-refractivity contribution < 1.29 is 24.2 Å². The monoisotopic (exact) mass is 426 g/mol. The van der Waals surface area contributed by atoms with E-state index in [1.54, 1.807) is 42.5 Å². The maximum atomic E-state index is 12.8. The number of ether oxygens (including phenoxy) is 1. The van der Waals surface area contributed by atoms with Gasteiger partial charge in [0, 0.05) is 18.8 Å². The first-order chi connectivity index (χ1) is 14.4. The van der Waals surface area contributed by atoms with Gasteiger partial charge in [-0.2, -0.15) is 0 Å². The number of anilines is 2. The number of carboxylic acids is 1. The van der Waals surface area contributed by atoms with Crippen molar-refractivity contribution in [2.45, 2.75) is 13.8 Å². The molecule has 3 rings (SSSR count). The maximum absolute atomic E-state index is 12.8. The molecule has 0 spiro atoms. The number of thioether (sulfide) groups is 1. The van der Waals surface area contributed by atoms with Crippen LogP contribution in [0.3, 0.4) is 0 Å². The van der Waals surface area contributed by atoms with Gasteiger partial charge in [0.1, 0.15) is 5.75 Å². The molecule has 0 radical (unpaired) electrons. The molecule has 30 heavy (non-hydrogen) atoms. The molecule has 0 unspecified atom stereocenters. The molecule has 0 atom stereocenters. The summed E-state index contributed by atoms with van der Waals surface area (Å²) in [4.78, 5) is 39.6. The summed E-state index contributed by atoms with van der Waals surface area (Å²) >= 11 is 0.868. The third kappa shape index (κ3) is 4.83. The number of carboxylic acid groups (broad SMARTS) is 1. The molecule has 2 aromatic rings. The lowest BCUT2D eigenvalue weighted by Crippen LogP contribution is -2.28. The number of aliphatic carboxylic acids is 1. The lowest BCUT2D eigenvalue weighted by molar-refractivity contribution is -0.139. The van der Waals surface area contributed by atoms with E-state index in [9.17, 15) is 14.4 Å². The summed E-state index contributed by atoms with van der Waals surface area (Å²) in [5, 5.41) is 8.36. The summed E-state index contributed by atoms with van der Waals surface area (Å²) in [6.07, 6.45) is 1.60. The van der Waals surface area contributed by atoms with Crippen molar-refractivity contribution >= 4 is 46.3 Å². The molecule has 1 aliphatic rings. The third-order valence-electron chi connectivity index (χ3n) is 4.55. The van der Waals surface area contributed by atoms with Crippen LogP contribution < -0.4 is 14.5 Å². The molecule has 8 heteroatoms. The molecule has 1 N–H and O–H groups in total. The van der Waals surface area contributed by atoms with Crippen LogP contribution in [0, 0.1) is 0 Å². The van der Waals surface area contributed by atoms with Crippen LogP contribution in [-0.4, -0.2) is 41.9 Å². The Hall–Kier alpha value is -3.26. The molecule has 2 aromatic carbocycles. The van der Waals surface area contributed by atoms with E-state index in [-0.39, 0.29) is 5.24 Å². The first-order valence-corrected chi connectivity index (χ1v) is 10.3. The van der Waals surface area contributed by atoms with Crippen molar-refractivity contribution in [1.82, 2.24) is 0 Å². The lowest BCUT2D eigenvalue weighted by atomic mass is 10.2. The van der Waals surface area contributed by atoms with Gasteiger partial charge in [0.05, 0.1) is 10.6 Å². The summed E-state index contributed by atoms with van der Waals surface area (Å²) in [5.74, 6) is -1.09. The van der Waals surface area contributed by atoms with E-state index in [2.05, 4.69) is 18.7 Å². The minimum Gasteiger partial charge on any atom is -0.482 e. The smallest absolute Gasteiger partial charge is 0.341 e. The van der Waals surface area contributed by atoms with E-state index >= 15 is 0 Å². The highest BCUT2D eigenvalue weighted by Gasteiger charge is 2.36. The predicted molar refractivity (Wildman–Crippen MR) is 118 cm³/mol. The van der Waals surface area contributed by atoms with Crippen LogP contribution in [0.1, 0.15) is 19.4 Å². The molecule has 7 nitrogen and oxygen atoms in total. The molecule has 156 valence electrons. The first-order valence-electron chi connectivity index (χ1n) is 9.50. The van der Waals surface area contributed by atoms with Gasteiger partial charge in [-0.3, -0.25) is 9.59 Å². The summed E-state index contributed by atoms with van der Waals surface area (Å²) in [6.45, 7) is 5.43. The molecule has 1 aliphatic heterocycles. The van der Waals surface area contributed by atoms with Gasteiger partial charge in [-0.25, -0.2) is 9.69 Å². The number of amides is 2. The summed E-state index contributed by atoms with van der Waals surface area (Å²) in [5.41, 5.74) is 2.19. The highest BCUT2D eigenvalue weighted by atomic mass is 32.2. The van der Waals surface area contributed by atoms with E-state index in [1.807, 2.05) is 12.1 Å². The van der Waals surface area contributed by atoms with Crippen molar-refractivity contribution in [2.24, 2.45) is 0 Å². The Morgan fingerprint density at radius 2 is 1.83 bits per heavy atom. The van der Waals surface area contributed by atoms with Crippen molar-refractivity contribution in [3.63, 3.8) is 0 Å². The van der Waals surface area contributed by atoms with Gasteiger partial charge in [-0.05, 0) is 73.6 Å². The number of hydrogen-bond acceptors (Lipinski definition) is 6. The zero-order valence-corrected chi connectivity index (χ0v) is 17.5. The Labute approximate surface area is 178 Å². The van der Waals surface area contributed by atoms with Crippen LogP contribution >= 0.6 is 11.8 Å². The Bertz CT molecular complexity index is 983. The average molecular weight is 426 g/mol. The summed E-state index contributed by atoms with van der Waals surface area (Å²) in [7, 11) is 0. The van der Waals surface area contributed by atoms with Crippen LogP contribution in [0.4, 0.5) is 16.2 Å². The standard InChI is InChI=1S/C22H22N2O5S/c1-3-23(4-2)16-8-10-17(11-9-16)24-21(27)19(30-22(24)28)13-15-6-5-7-18(12-15)29-14-20(25)26/h5-13H,3-4,14H2,1-2H3,(H,25,26)/b19-13+. The van der Waals surface area contributed by atoms with Gasteiger partial charge in [0.2, 0.25) is 0 Å². The highest BCUT2D eigenvalue weighted by Crippen LogP contribution is 2.36. The van der Waals surface area contributed by atoms with Gasteiger partial charge in [-0.15, -0.1) is 0 Å². The SMILES string of the molecule is CCN(CC)c1ccc(N2C(=O)S/C(=C/c3cccc(OCC(=O)O)c3)C2=O)cc1. The fraction of sp³-hybridized carbons (Fsp3) is 0.227. The van der Waals surface area contributed by atoms with Crippen LogP contribution in [0.2, 0.25) is 0 Å². The first kappa shape index (κ1) is 21.4. The number of carbonyl (C=O) groups is 3. The lowest BCUT2D eigenvalue weighted by Gasteiger charge is -2.22. The van der Waals surface area contributed by atoms with Crippen molar-refractivity contribution in [3.8, 4) is 5.75 Å². The molecule has 1 saturated heterocycles. The van der Waals surface area contributed by atoms with Gasteiger partial charge in [-0.1, -0.05) is 12.1 Å². The minimum atomic E-state index is -1.08. The second-order valence-electron chi connectivity index (χ2n) is 6.46. The molecule has 1 heterocycles. The van der Waals surface area contributed by atoms with Crippen molar-refractivity contribution in [1.29, 1.82) is 0 Å². The number of rotatable bonds is 8. The van der Waals surface area contributed by atoms with Crippen LogP contribution in [-0.2, 0) is 9.59 Å².